The van der Waals surface area contributed by atoms with Crippen LogP contribution >= 0.6 is 23.4 Å². The van der Waals surface area contributed by atoms with Crippen molar-refractivity contribution < 1.29 is 16.8 Å². The topological polar surface area (TPSA) is 55.6 Å². The van der Waals surface area contributed by atoms with Crippen LogP contribution in [-0.2, 0) is 13.6 Å². The van der Waals surface area contributed by atoms with Crippen molar-refractivity contribution in [3.63, 3.8) is 0 Å². The number of halogens is 3. The maximum absolute atomic E-state index is 13.5. The molecular formula is C12H15Cl2FN5S-. The van der Waals surface area contributed by atoms with E-state index in [0.717, 1.165) is 23.9 Å². The number of benzene rings is 1. The number of aromatic nitrogens is 4. The average Bonchev–Trinajstić information content (AvgIpc) is 2.82. The van der Waals surface area contributed by atoms with E-state index < -0.39 is 0 Å². The Labute approximate surface area is 138 Å². The molecule has 0 aliphatic rings. The second-order valence-electron chi connectivity index (χ2n) is 4.16. The van der Waals surface area contributed by atoms with Crippen LogP contribution in [0.5, 0.6) is 0 Å². The highest BCUT2D eigenvalue weighted by Gasteiger charge is 2.06. The SMILES string of the molecule is Cn1nnnc1SCCCNCc1c(F)cccc1Cl.[Cl-]. The maximum atomic E-state index is 13.5. The van der Waals surface area contributed by atoms with Gasteiger partial charge in [0.15, 0.2) is 0 Å². The fraction of sp³-hybridized carbons (Fsp3) is 0.417. The number of rotatable bonds is 7. The number of tetrazole rings is 1. The Morgan fingerprint density at radius 1 is 1.43 bits per heavy atom. The van der Waals surface area contributed by atoms with Gasteiger partial charge in [-0.25, -0.2) is 9.07 Å². The molecule has 0 unspecified atom stereocenters. The van der Waals surface area contributed by atoms with Gasteiger partial charge in [0, 0.05) is 29.9 Å². The highest BCUT2D eigenvalue weighted by molar-refractivity contribution is 7.99. The van der Waals surface area contributed by atoms with Crippen LogP contribution in [0.15, 0.2) is 23.4 Å². The molecule has 0 amide bonds. The van der Waals surface area contributed by atoms with Crippen molar-refractivity contribution in [2.45, 2.75) is 18.1 Å². The Hall–Kier alpha value is -0.890. The number of hydrogen-bond donors (Lipinski definition) is 1. The molecule has 2 rings (SSSR count). The molecule has 1 aromatic carbocycles. The van der Waals surface area contributed by atoms with E-state index in [2.05, 4.69) is 20.8 Å². The van der Waals surface area contributed by atoms with Gasteiger partial charge in [-0.05, 0) is 35.5 Å². The lowest BCUT2D eigenvalue weighted by Gasteiger charge is -2.07. The average molecular weight is 351 g/mol. The monoisotopic (exact) mass is 350 g/mol. The molecule has 5 nitrogen and oxygen atoms in total. The number of thioether (sulfide) groups is 1. The first-order chi connectivity index (χ1) is 9.68. The molecule has 1 N–H and O–H groups in total. The minimum Gasteiger partial charge on any atom is -1.00 e. The van der Waals surface area contributed by atoms with Crippen molar-refractivity contribution in [1.82, 2.24) is 25.5 Å². The van der Waals surface area contributed by atoms with Gasteiger partial charge in [-0.3, -0.25) is 0 Å². The molecule has 0 aliphatic carbocycles. The summed E-state index contributed by atoms with van der Waals surface area (Å²) in [4.78, 5) is 0. The molecule has 0 aliphatic heterocycles. The predicted octanol–water partition coefficient (Wildman–Crippen LogP) is -0.721. The molecule has 0 spiro atoms. The number of nitrogens with one attached hydrogen (secondary N) is 1. The van der Waals surface area contributed by atoms with E-state index in [-0.39, 0.29) is 18.2 Å². The zero-order valence-electron chi connectivity index (χ0n) is 11.4. The van der Waals surface area contributed by atoms with Crippen molar-refractivity contribution in [3.8, 4) is 0 Å². The largest absolute Gasteiger partial charge is 1.00 e. The summed E-state index contributed by atoms with van der Waals surface area (Å²) in [5.41, 5.74) is 0.513. The van der Waals surface area contributed by atoms with Crippen LogP contribution in [-0.4, -0.2) is 32.5 Å². The number of nitrogens with zero attached hydrogens (tertiary/aromatic N) is 4. The summed E-state index contributed by atoms with van der Waals surface area (Å²) in [7, 11) is 1.81. The fourth-order valence-corrected chi connectivity index (χ4v) is 2.64. The van der Waals surface area contributed by atoms with Gasteiger partial charge in [-0.1, -0.05) is 29.4 Å². The molecule has 0 radical (unpaired) electrons. The van der Waals surface area contributed by atoms with E-state index in [0.29, 0.717) is 17.1 Å². The molecule has 0 saturated carbocycles. The van der Waals surface area contributed by atoms with Crippen LogP contribution in [0.2, 0.25) is 5.02 Å². The van der Waals surface area contributed by atoms with E-state index in [1.165, 1.54) is 6.07 Å². The van der Waals surface area contributed by atoms with Crippen molar-refractivity contribution >= 4 is 23.4 Å². The van der Waals surface area contributed by atoms with Crippen molar-refractivity contribution in [3.05, 3.63) is 34.6 Å². The second-order valence-corrected chi connectivity index (χ2v) is 5.63. The van der Waals surface area contributed by atoms with Gasteiger partial charge >= 0.3 is 0 Å². The minimum absolute atomic E-state index is 0. The van der Waals surface area contributed by atoms with E-state index >= 15 is 0 Å². The summed E-state index contributed by atoms with van der Waals surface area (Å²) in [6.07, 6.45) is 0.934. The molecule has 21 heavy (non-hydrogen) atoms. The summed E-state index contributed by atoms with van der Waals surface area (Å²) >= 11 is 7.54. The quantitative estimate of drug-likeness (QED) is 0.527. The van der Waals surface area contributed by atoms with Gasteiger partial charge in [-0.2, -0.15) is 0 Å². The summed E-state index contributed by atoms with van der Waals surface area (Å²) in [5, 5.41) is 15.6. The lowest BCUT2D eigenvalue weighted by molar-refractivity contribution is -0.00000482. The first-order valence-electron chi connectivity index (χ1n) is 6.17. The standard InChI is InChI=1S/C12H15ClFN5S.ClH/c1-19-12(16-17-18-19)20-7-3-6-15-8-9-10(13)4-2-5-11(9)14;/h2,4-5,15H,3,6-8H2,1H3;1H/p-1. The van der Waals surface area contributed by atoms with Gasteiger partial charge in [0.1, 0.15) is 5.82 Å². The van der Waals surface area contributed by atoms with Gasteiger partial charge in [0.2, 0.25) is 5.16 Å². The van der Waals surface area contributed by atoms with Crippen LogP contribution in [0.1, 0.15) is 12.0 Å². The highest BCUT2D eigenvalue weighted by atomic mass is 35.5. The third kappa shape index (κ3) is 5.43. The number of hydrogen-bond acceptors (Lipinski definition) is 5. The van der Waals surface area contributed by atoms with Gasteiger partial charge in [-0.15, -0.1) is 5.10 Å². The Bertz CT molecular complexity index is 546. The van der Waals surface area contributed by atoms with Gasteiger partial charge in [0.25, 0.3) is 0 Å². The molecule has 0 bridgehead atoms. The molecule has 1 aromatic heterocycles. The predicted molar refractivity (Wildman–Crippen MR) is 77.3 cm³/mol. The highest BCUT2D eigenvalue weighted by Crippen LogP contribution is 2.18. The van der Waals surface area contributed by atoms with Crippen LogP contribution in [0.3, 0.4) is 0 Å². The van der Waals surface area contributed by atoms with E-state index in [1.807, 2.05) is 0 Å². The molecule has 0 atom stereocenters. The van der Waals surface area contributed by atoms with Gasteiger partial charge < -0.3 is 17.7 Å². The Morgan fingerprint density at radius 3 is 2.90 bits per heavy atom. The second kappa shape index (κ2) is 9.19. The molecule has 9 heteroatoms. The third-order valence-corrected chi connectivity index (χ3v) is 4.12. The fourth-order valence-electron chi connectivity index (χ4n) is 1.62. The van der Waals surface area contributed by atoms with Crippen LogP contribution < -0.4 is 17.7 Å². The smallest absolute Gasteiger partial charge is 0.209 e. The summed E-state index contributed by atoms with van der Waals surface area (Å²) < 4.78 is 15.1. The van der Waals surface area contributed by atoms with E-state index in [9.17, 15) is 4.39 Å². The Kier molecular flexibility index (Phi) is 7.95. The number of aryl methyl sites for hydroxylation is 1. The molecule has 0 saturated heterocycles. The van der Waals surface area contributed by atoms with Crippen molar-refractivity contribution in [1.29, 1.82) is 0 Å². The zero-order chi connectivity index (χ0) is 14.4. The van der Waals surface area contributed by atoms with Crippen LogP contribution in [0, 0.1) is 5.82 Å². The Morgan fingerprint density at radius 2 is 2.24 bits per heavy atom. The zero-order valence-corrected chi connectivity index (χ0v) is 13.7. The molecule has 0 fully saturated rings. The van der Waals surface area contributed by atoms with E-state index in [1.54, 1.807) is 35.6 Å². The normalized spacial score (nSPS) is 10.4. The summed E-state index contributed by atoms with van der Waals surface area (Å²) in [6.45, 7) is 1.21. The van der Waals surface area contributed by atoms with Crippen molar-refractivity contribution in [2.75, 3.05) is 12.3 Å². The van der Waals surface area contributed by atoms with E-state index in [4.69, 9.17) is 11.6 Å². The molecule has 2 aromatic rings. The Balaban J connectivity index is 0.00000220. The van der Waals surface area contributed by atoms with Crippen LogP contribution in [0.4, 0.5) is 4.39 Å². The van der Waals surface area contributed by atoms with Crippen molar-refractivity contribution in [2.24, 2.45) is 7.05 Å². The third-order valence-electron chi connectivity index (χ3n) is 2.67. The van der Waals surface area contributed by atoms with Gasteiger partial charge in [0.05, 0.1) is 0 Å². The molecule has 116 valence electrons. The molecule has 1 heterocycles. The maximum Gasteiger partial charge on any atom is 0.209 e. The summed E-state index contributed by atoms with van der Waals surface area (Å²) in [6, 6.07) is 4.71. The lowest BCUT2D eigenvalue weighted by atomic mass is 10.2. The molecular weight excluding hydrogens is 336 g/mol. The lowest BCUT2D eigenvalue weighted by Crippen LogP contribution is -3.00. The first-order valence-corrected chi connectivity index (χ1v) is 7.53. The minimum atomic E-state index is -0.274. The first kappa shape index (κ1) is 18.2. The summed E-state index contributed by atoms with van der Waals surface area (Å²) in [5.74, 6) is 0.621. The van der Waals surface area contributed by atoms with Crippen LogP contribution in [0.25, 0.3) is 0 Å².